The predicted octanol–water partition coefficient (Wildman–Crippen LogP) is 3.13. The highest BCUT2D eigenvalue weighted by Crippen LogP contribution is 2.19. The fourth-order valence-electron chi connectivity index (χ4n) is 2.09. The second kappa shape index (κ2) is 4.58. The van der Waals surface area contributed by atoms with Crippen LogP contribution in [-0.2, 0) is 13.0 Å². The monoisotopic (exact) mass is 227 g/mol. The molecule has 0 bridgehead atoms. The number of nitriles is 1. The lowest BCUT2D eigenvalue weighted by Gasteiger charge is -2.10. The second-order valence-electron chi connectivity index (χ2n) is 4.70. The first kappa shape index (κ1) is 11.7. The molecule has 0 N–H and O–H groups in total. The van der Waals surface area contributed by atoms with Gasteiger partial charge in [0.15, 0.2) is 0 Å². The van der Waals surface area contributed by atoms with Gasteiger partial charge in [-0.15, -0.1) is 0 Å². The Morgan fingerprint density at radius 3 is 2.76 bits per heavy atom. The molecule has 1 aromatic heterocycles. The van der Waals surface area contributed by atoms with Gasteiger partial charge in [0.25, 0.3) is 0 Å². The molecule has 0 atom stereocenters. The predicted molar refractivity (Wildman–Crippen MR) is 68.7 cm³/mol. The van der Waals surface area contributed by atoms with Crippen LogP contribution in [0.15, 0.2) is 18.2 Å². The van der Waals surface area contributed by atoms with Gasteiger partial charge in [0.2, 0.25) is 0 Å². The van der Waals surface area contributed by atoms with Gasteiger partial charge in [-0.3, -0.25) is 0 Å². The largest absolute Gasteiger partial charge is 0.328 e. The molecule has 0 aliphatic carbocycles. The molecule has 0 spiro atoms. The summed E-state index contributed by atoms with van der Waals surface area (Å²) in [6.45, 7) is 7.50. The summed E-state index contributed by atoms with van der Waals surface area (Å²) in [7, 11) is 0. The summed E-state index contributed by atoms with van der Waals surface area (Å²) in [5.41, 5.74) is 2.74. The molecular formula is C14H17N3. The molecule has 0 amide bonds. The van der Waals surface area contributed by atoms with Crippen LogP contribution in [0.4, 0.5) is 0 Å². The van der Waals surface area contributed by atoms with E-state index in [9.17, 15) is 0 Å². The summed E-state index contributed by atoms with van der Waals surface area (Å²) in [4.78, 5) is 4.60. The van der Waals surface area contributed by atoms with E-state index in [0.29, 0.717) is 11.5 Å². The van der Waals surface area contributed by atoms with E-state index in [-0.39, 0.29) is 0 Å². The molecule has 2 rings (SSSR count). The van der Waals surface area contributed by atoms with Crippen LogP contribution in [0.1, 0.15) is 32.2 Å². The van der Waals surface area contributed by atoms with Gasteiger partial charge in [-0.05, 0) is 24.1 Å². The van der Waals surface area contributed by atoms with Crippen LogP contribution >= 0.6 is 0 Å². The van der Waals surface area contributed by atoms with Crippen molar-refractivity contribution in [2.45, 2.75) is 33.7 Å². The molecule has 88 valence electrons. The van der Waals surface area contributed by atoms with E-state index < -0.39 is 0 Å². The van der Waals surface area contributed by atoms with Gasteiger partial charge in [0.05, 0.1) is 22.7 Å². The zero-order valence-corrected chi connectivity index (χ0v) is 10.6. The van der Waals surface area contributed by atoms with E-state index in [2.05, 4.69) is 36.4 Å². The maximum atomic E-state index is 8.89. The lowest BCUT2D eigenvalue weighted by atomic mass is 10.2. The van der Waals surface area contributed by atoms with Crippen LogP contribution < -0.4 is 0 Å². The SMILES string of the molecule is CCc1nc2cc(C#N)ccc2n1CC(C)C. The van der Waals surface area contributed by atoms with Crippen LogP contribution in [0.25, 0.3) is 11.0 Å². The van der Waals surface area contributed by atoms with Gasteiger partial charge in [-0.2, -0.15) is 5.26 Å². The third kappa shape index (κ3) is 2.16. The Kier molecular flexibility index (Phi) is 3.14. The Balaban J connectivity index is 2.60. The van der Waals surface area contributed by atoms with Gasteiger partial charge < -0.3 is 4.57 Å². The van der Waals surface area contributed by atoms with E-state index in [4.69, 9.17) is 5.26 Å². The van der Waals surface area contributed by atoms with Crippen LogP contribution in [0, 0.1) is 17.2 Å². The summed E-state index contributed by atoms with van der Waals surface area (Å²) in [5.74, 6) is 1.69. The van der Waals surface area contributed by atoms with Gasteiger partial charge in [0.1, 0.15) is 5.82 Å². The van der Waals surface area contributed by atoms with Crippen molar-refractivity contribution in [3.63, 3.8) is 0 Å². The Hall–Kier alpha value is -1.82. The number of benzene rings is 1. The van der Waals surface area contributed by atoms with Gasteiger partial charge >= 0.3 is 0 Å². The number of aromatic nitrogens is 2. The van der Waals surface area contributed by atoms with E-state index >= 15 is 0 Å². The number of hydrogen-bond acceptors (Lipinski definition) is 2. The first-order valence-electron chi connectivity index (χ1n) is 6.05. The van der Waals surface area contributed by atoms with Gasteiger partial charge in [0, 0.05) is 13.0 Å². The summed E-state index contributed by atoms with van der Waals surface area (Å²) < 4.78 is 2.27. The third-order valence-corrected chi connectivity index (χ3v) is 2.82. The van der Waals surface area contributed by atoms with Crippen LogP contribution in [0.2, 0.25) is 0 Å². The first-order valence-corrected chi connectivity index (χ1v) is 6.05. The normalized spacial score (nSPS) is 11.0. The minimum atomic E-state index is 0.591. The molecule has 0 aliphatic heterocycles. The first-order chi connectivity index (χ1) is 8.15. The van der Waals surface area contributed by atoms with Crippen LogP contribution in [-0.4, -0.2) is 9.55 Å². The molecule has 1 aromatic carbocycles. The smallest absolute Gasteiger partial charge is 0.109 e. The van der Waals surface area contributed by atoms with Crippen molar-refractivity contribution in [2.75, 3.05) is 0 Å². The van der Waals surface area contributed by atoms with E-state index in [0.717, 1.165) is 29.8 Å². The second-order valence-corrected chi connectivity index (χ2v) is 4.70. The number of fused-ring (bicyclic) bond motifs is 1. The molecule has 0 fully saturated rings. The molecule has 0 saturated carbocycles. The van der Waals surface area contributed by atoms with E-state index in [1.54, 1.807) is 0 Å². The molecule has 2 aromatic rings. The molecule has 0 saturated heterocycles. The Bertz CT molecular complexity index is 573. The van der Waals surface area contributed by atoms with Crippen LogP contribution in [0.3, 0.4) is 0 Å². The lowest BCUT2D eigenvalue weighted by Crippen LogP contribution is -2.07. The Morgan fingerprint density at radius 2 is 2.18 bits per heavy atom. The van der Waals surface area contributed by atoms with Gasteiger partial charge in [-0.1, -0.05) is 20.8 Å². The highest BCUT2D eigenvalue weighted by atomic mass is 15.1. The summed E-state index contributed by atoms with van der Waals surface area (Å²) in [6.07, 6.45) is 0.920. The maximum absolute atomic E-state index is 8.89. The average Bonchev–Trinajstić information content (AvgIpc) is 2.65. The summed E-state index contributed by atoms with van der Waals surface area (Å²) >= 11 is 0. The zero-order chi connectivity index (χ0) is 12.4. The minimum Gasteiger partial charge on any atom is -0.328 e. The average molecular weight is 227 g/mol. The fraction of sp³-hybridized carbons (Fsp3) is 0.429. The Labute approximate surface area is 102 Å². The quantitative estimate of drug-likeness (QED) is 0.808. The standard InChI is InChI=1S/C14H17N3/c1-4-14-16-12-7-11(8-15)5-6-13(12)17(14)9-10(2)3/h5-7,10H,4,9H2,1-3H3. The number of nitrogens with zero attached hydrogens (tertiary/aromatic N) is 3. The topological polar surface area (TPSA) is 41.6 Å². The van der Waals surface area contributed by atoms with Gasteiger partial charge in [-0.25, -0.2) is 4.98 Å². The van der Waals surface area contributed by atoms with Crippen molar-refractivity contribution in [1.82, 2.24) is 9.55 Å². The summed E-state index contributed by atoms with van der Waals surface area (Å²) in [6, 6.07) is 7.89. The molecule has 0 unspecified atom stereocenters. The third-order valence-electron chi connectivity index (χ3n) is 2.82. The van der Waals surface area contributed by atoms with Crippen molar-refractivity contribution in [2.24, 2.45) is 5.92 Å². The zero-order valence-electron chi connectivity index (χ0n) is 10.6. The molecule has 0 radical (unpaired) electrons. The van der Waals surface area contributed by atoms with Crippen molar-refractivity contribution in [3.8, 4) is 6.07 Å². The van der Waals surface area contributed by atoms with Crippen LogP contribution in [0.5, 0.6) is 0 Å². The highest BCUT2D eigenvalue weighted by Gasteiger charge is 2.10. The maximum Gasteiger partial charge on any atom is 0.109 e. The molecule has 1 heterocycles. The lowest BCUT2D eigenvalue weighted by molar-refractivity contribution is 0.518. The number of hydrogen-bond donors (Lipinski definition) is 0. The van der Waals surface area contributed by atoms with E-state index in [1.807, 2.05) is 18.2 Å². The Morgan fingerprint density at radius 1 is 1.41 bits per heavy atom. The summed E-state index contributed by atoms with van der Waals surface area (Å²) in [5, 5.41) is 8.89. The molecule has 0 aliphatic rings. The molecule has 3 nitrogen and oxygen atoms in total. The van der Waals surface area contributed by atoms with Crippen molar-refractivity contribution in [1.29, 1.82) is 5.26 Å². The van der Waals surface area contributed by atoms with Crippen molar-refractivity contribution < 1.29 is 0 Å². The van der Waals surface area contributed by atoms with Crippen molar-refractivity contribution in [3.05, 3.63) is 29.6 Å². The minimum absolute atomic E-state index is 0.591. The number of aryl methyl sites for hydroxylation is 1. The highest BCUT2D eigenvalue weighted by molar-refractivity contribution is 5.77. The molecule has 17 heavy (non-hydrogen) atoms. The fourth-order valence-corrected chi connectivity index (χ4v) is 2.09. The molecular weight excluding hydrogens is 210 g/mol. The van der Waals surface area contributed by atoms with E-state index in [1.165, 1.54) is 0 Å². The van der Waals surface area contributed by atoms with Crippen molar-refractivity contribution >= 4 is 11.0 Å². The number of rotatable bonds is 3. The number of imidazole rings is 1. The molecule has 3 heteroatoms.